The van der Waals surface area contributed by atoms with Crippen LogP contribution in [-0.2, 0) is 11.0 Å². The third kappa shape index (κ3) is 2.85. The van der Waals surface area contributed by atoms with E-state index in [0.717, 1.165) is 16.8 Å². The SMILES string of the molecule is Cc1ccn(S(=O)c2cccc(Cl)c2)c1-c1ccc(F)cc1. The molecule has 0 aliphatic carbocycles. The Labute approximate surface area is 135 Å². The summed E-state index contributed by atoms with van der Waals surface area (Å²) < 4.78 is 27.6. The molecule has 112 valence electrons. The molecule has 0 amide bonds. The van der Waals surface area contributed by atoms with Crippen LogP contribution in [0.3, 0.4) is 0 Å². The van der Waals surface area contributed by atoms with Gasteiger partial charge in [-0.15, -0.1) is 0 Å². The van der Waals surface area contributed by atoms with Crippen molar-refractivity contribution in [2.24, 2.45) is 0 Å². The first-order valence-corrected chi connectivity index (χ1v) is 8.16. The number of nitrogens with zero attached hydrogens (tertiary/aromatic N) is 1. The second kappa shape index (κ2) is 6.07. The fraction of sp³-hybridized carbons (Fsp3) is 0.0588. The van der Waals surface area contributed by atoms with E-state index in [2.05, 4.69) is 0 Å². The van der Waals surface area contributed by atoms with Crippen LogP contribution >= 0.6 is 11.6 Å². The van der Waals surface area contributed by atoms with Gasteiger partial charge in [-0.3, -0.25) is 3.97 Å². The lowest BCUT2D eigenvalue weighted by Crippen LogP contribution is -2.05. The first kappa shape index (κ1) is 15.0. The molecule has 22 heavy (non-hydrogen) atoms. The normalized spacial score (nSPS) is 12.3. The van der Waals surface area contributed by atoms with Gasteiger partial charge in [-0.05, 0) is 66.6 Å². The zero-order chi connectivity index (χ0) is 15.7. The van der Waals surface area contributed by atoms with Crippen LogP contribution in [0.4, 0.5) is 4.39 Å². The molecule has 0 spiro atoms. The third-order valence-corrected chi connectivity index (χ3v) is 4.90. The Kier molecular flexibility index (Phi) is 4.14. The number of rotatable bonds is 3. The summed E-state index contributed by atoms with van der Waals surface area (Å²) in [6.07, 6.45) is 1.77. The summed E-state index contributed by atoms with van der Waals surface area (Å²) in [6, 6.07) is 15.0. The van der Waals surface area contributed by atoms with Gasteiger partial charge in [-0.25, -0.2) is 8.60 Å². The fourth-order valence-electron chi connectivity index (χ4n) is 2.30. The van der Waals surface area contributed by atoms with Gasteiger partial charge in [0, 0.05) is 11.2 Å². The second-order valence-corrected chi connectivity index (χ2v) is 6.69. The van der Waals surface area contributed by atoms with Crippen molar-refractivity contribution in [3.63, 3.8) is 0 Å². The summed E-state index contributed by atoms with van der Waals surface area (Å²) in [7, 11) is -1.42. The first-order chi connectivity index (χ1) is 10.6. The molecule has 1 atom stereocenters. The molecule has 5 heteroatoms. The van der Waals surface area contributed by atoms with Crippen molar-refractivity contribution < 1.29 is 8.60 Å². The number of halogens is 2. The maximum Gasteiger partial charge on any atom is 0.157 e. The molecule has 1 heterocycles. The van der Waals surface area contributed by atoms with E-state index in [1.165, 1.54) is 12.1 Å². The van der Waals surface area contributed by atoms with Crippen molar-refractivity contribution >= 4 is 22.6 Å². The highest BCUT2D eigenvalue weighted by molar-refractivity contribution is 7.83. The zero-order valence-electron chi connectivity index (χ0n) is 11.8. The van der Waals surface area contributed by atoms with Gasteiger partial charge in [0.15, 0.2) is 11.0 Å². The van der Waals surface area contributed by atoms with E-state index in [9.17, 15) is 8.60 Å². The molecule has 0 N–H and O–H groups in total. The van der Waals surface area contributed by atoms with Crippen molar-refractivity contribution in [2.75, 3.05) is 0 Å². The van der Waals surface area contributed by atoms with Crippen molar-refractivity contribution in [1.82, 2.24) is 3.97 Å². The molecule has 0 fully saturated rings. The van der Waals surface area contributed by atoms with E-state index in [1.807, 2.05) is 13.0 Å². The molecule has 0 aliphatic heterocycles. The lowest BCUT2D eigenvalue weighted by Gasteiger charge is -2.10. The van der Waals surface area contributed by atoms with Crippen molar-refractivity contribution in [2.45, 2.75) is 11.8 Å². The first-order valence-electron chi connectivity index (χ1n) is 6.68. The summed E-state index contributed by atoms with van der Waals surface area (Å²) in [5.74, 6) is -0.296. The molecule has 3 rings (SSSR count). The molecule has 1 unspecified atom stereocenters. The quantitative estimate of drug-likeness (QED) is 0.673. The standard InChI is InChI=1S/C17H13ClFNOS/c1-12-9-10-20(17(12)13-5-7-15(19)8-6-13)22(21)16-4-2-3-14(18)11-16/h2-11H,1H3. The smallest absolute Gasteiger partial charge is 0.157 e. The lowest BCUT2D eigenvalue weighted by atomic mass is 10.1. The highest BCUT2D eigenvalue weighted by atomic mass is 35.5. The van der Waals surface area contributed by atoms with E-state index >= 15 is 0 Å². The maximum atomic E-state index is 13.1. The Morgan fingerprint density at radius 1 is 1.09 bits per heavy atom. The molecular weight excluding hydrogens is 321 g/mol. The van der Waals surface area contributed by atoms with Gasteiger partial charge in [0.25, 0.3) is 0 Å². The van der Waals surface area contributed by atoms with Gasteiger partial charge in [0.05, 0.1) is 10.6 Å². The molecule has 0 aliphatic rings. The van der Waals surface area contributed by atoms with Crippen LogP contribution in [0.15, 0.2) is 65.7 Å². The molecule has 3 aromatic rings. The minimum atomic E-state index is -1.42. The summed E-state index contributed by atoms with van der Waals surface area (Å²) in [6.45, 7) is 1.93. The van der Waals surface area contributed by atoms with Crippen LogP contribution in [-0.4, -0.2) is 8.18 Å². The van der Waals surface area contributed by atoms with Gasteiger partial charge >= 0.3 is 0 Å². The van der Waals surface area contributed by atoms with Gasteiger partial charge < -0.3 is 0 Å². The number of aryl methyl sites for hydroxylation is 1. The number of aromatic nitrogens is 1. The van der Waals surface area contributed by atoms with Crippen LogP contribution in [0.25, 0.3) is 11.3 Å². The number of benzene rings is 2. The van der Waals surface area contributed by atoms with Crippen LogP contribution in [0, 0.1) is 12.7 Å². The van der Waals surface area contributed by atoms with E-state index < -0.39 is 11.0 Å². The topological polar surface area (TPSA) is 22.0 Å². The summed E-state index contributed by atoms with van der Waals surface area (Å²) >= 11 is 5.97. The molecule has 2 nitrogen and oxygen atoms in total. The molecule has 0 saturated carbocycles. The van der Waals surface area contributed by atoms with Gasteiger partial charge in [-0.2, -0.15) is 0 Å². The van der Waals surface area contributed by atoms with Gasteiger partial charge in [0.1, 0.15) is 5.82 Å². The van der Waals surface area contributed by atoms with Crippen LogP contribution in [0.5, 0.6) is 0 Å². The van der Waals surface area contributed by atoms with Crippen molar-refractivity contribution in [1.29, 1.82) is 0 Å². The summed E-state index contributed by atoms with van der Waals surface area (Å²) in [4.78, 5) is 0.617. The summed E-state index contributed by atoms with van der Waals surface area (Å²) in [5.41, 5.74) is 2.60. The van der Waals surface area contributed by atoms with Gasteiger partial charge in [0.2, 0.25) is 0 Å². The maximum absolute atomic E-state index is 13.1. The zero-order valence-corrected chi connectivity index (χ0v) is 13.4. The fourth-order valence-corrected chi connectivity index (χ4v) is 3.79. The van der Waals surface area contributed by atoms with Crippen molar-refractivity contribution in [3.8, 4) is 11.3 Å². The minimum Gasteiger partial charge on any atom is -0.262 e. The molecule has 0 saturated heterocycles. The Hall–Kier alpha value is -1.91. The van der Waals surface area contributed by atoms with E-state index in [1.54, 1.807) is 46.6 Å². The van der Waals surface area contributed by atoms with E-state index in [4.69, 9.17) is 11.6 Å². The molecule has 2 aromatic carbocycles. The minimum absolute atomic E-state index is 0.296. The number of hydrogen-bond donors (Lipinski definition) is 0. The molecule has 1 aromatic heterocycles. The molecule has 0 bridgehead atoms. The Morgan fingerprint density at radius 2 is 1.82 bits per heavy atom. The second-order valence-electron chi connectivity index (χ2n) is 4.89. The van der Waals surface area contributed by atoms with Crippen molar-refractivity contribution in [3.05, 3.63) is 77.2 Å². The average molecular weight is 334 g/mol. The van der Waals surface area contributed by atoms with E-state index in [-0.39, 0.29) is 5.82 Å². The monoisotopic (exact) mass is 333 g/mol. The van der Waals surface area contributed by atoms with Crippen LogP contribution < -0.4 is 0 Å². The lowest BCUT2D eigenvalue weighted by molar-refractivity contribution is 0.628. The van der Waals surface area contributed by atoms with Crippen LogP contribution in [0.2, 0.25) is 5.02 Å². The molecule has 0 radical (unpaired) electrons. The third-order valence-electron chi connectivity index (χ3n) is 3.35. The van der Waals surface area contributed by atoms with E-state index in [0.29, 0.717) is 9.92 Å². The highest BCUT2D eigenvalue weighted by Crippen LogP contribution is 2.27. The Balaban J connectivity index is 2.09. The Bertz CT molecular complexity index is 842. The predicted molar refractivity (Wildman–Crippen MR) is 87.8 cm³/mol. The average Bonchev–Trinajstić information content (AvgIpc) is 2.89. The summed E-state index contributed by atoms with van der Waals surface area (Å²) in [5, 5.41) is 0.540. The largest absolute Gasteiger partial charge is 0.262 e. The van der Waals surface area contributed by atoms with Gasteiger partial charge in [-0.1, -0.05) is 17.7 Å². The highest BCUT2D eigenvalue weighted by Gasteiger charge is 2.15. The Morgan fingerprint density at radius 3 is 2.50 bits per heavy atom. The van der Waals surface area contributed by atoms with Crippen LogP contribution in [0.1, 0.15) is 5.56 Å². The number of hydrogen-bond acceptors (Lipinski definition) is 1. The molecular formula is C17H13ClFNOS. The predicted octanol–water partition coefficient (Wildman–Crippen LogP) is 4.83.